The summed E-state index contributed by atoms with van der Waals surface area (Å²) in [5.74, 6) is 3.56. The van der Waals surface area contributed by atoms with E-state index in [9.17, 15) is 4.79 Å². The fourth-order valence-corrected chi connectivity index (χ4v) is 6.31. The van der Waals surface area contributed by atoms with E-state index in [0.717, 1.165) is 44.3 Å². The maximum atomic E-state index is 13.1. The number of rotatable bonds is 6. The molecule has 0 radical (unpaired) electrons. The molecule has 1 saturated heterocycles. The van der Waals surface area contributed by atoms with Gasteiger partial charge in [0.05, 0.1) is 0 Å². The average molecular weight is 385 g/mol. The predicted octanol–water partition coefficient (Wildman–Crippen LogP) is 4.53. The fourth-order valence-electron chi connectivity index (χ4n) is 6.31. The normalized spacial score (nSPS) is 27.7. The number of likely N-dealkylation sites (tertiary alicyclic amines) is 1. The SMILES string of the molecule is O=C(CCC1CCCC1)N1CC(c2nncn2CC2CC2)C2(CCCCC2)C1. The highest BCUT2D eigenvalue weighted by Gasteiger charge is 2.50. The van der Waals surface area contributed by atoms with Crippen LogP contribution in [-0.2, 0) is 11.3 Å². The molecule has 1 aromatic heterocycles. The van der Waals surface area contributed by atoms with Gasteiger partial charge in [-0.1, -0.05) is 44.9 Å². The molecule has 4 aliphatic rings. The molecule has 3 aliphatic carbocycles. The van der Waals surface area contributed by atoms with E-state index in [2.05, 4.69) is 19.7 Å². The second-order valence-electron chi connectivity index (χ2n) is 10.2. The smallest absolute Gasteiger partial charge is 0.222 e. The summed E-state index contributed by atoms with van der Waals surface area (Å²) in [6.45, 7) is 2.90. The van der Waals surface area contributed by atoms with Crippen molar-refractivity contribution in [2.75, 3.05) is 13.1 Å². The standard InChI is InChI=1S/C23H36N4O/c28-21(11-10-18-6-2-3-7-18)26-15-20(23(16-26)12-4-1-5-13-23)22-25-24-17-27(22)14-19-8-9-19/h17-20H,1-16H2. The first-order chi connectivity index (χ1) is 13.7. The number of carbonyl (C=O) groups is 1. The van der Waals surface area contributed by atoms with Gasteiger partial charge in [-0.05, 0) is 49.4 Å². The number of hydrogen-bond acceptors (Lipinski definition) is 3. The van der Waals surface area contributed by atoms with E-state index in [1.165, 1.54) is 76.5 Å². The molecule has 1 unspecified atom stereocenters. The predicted molar refractivity (Wildman–Crippen MR) is 109 cm³/mol. The third-order valence-electron chi connectivity index (χ3n) is 8.20. The Morgan fingerprint density at radius 2 is 1.82 bits per heavy atom. The van der Waals surface area contributed by atoms with Gasteiger partial charge in [-0.25, -0.2) is 0 Å². The lowest BCUT2D eigenvalue weighted by Crippen LogP contribution is -2.34. The molecular weight excluding hydrogens is 348 g/mol. The van der Waals surface area contributed by atoms with Crippen LogP contribution in [0, 0.1) is 17.3 Å². The Balaban J connectivity index is 1.31. The quantitative estimate of drug-likeness (QED) is 0.724. The van der Waals surface area contributed by atoms with E-state index in [4.69, 9.17) is 0 Å². The Labute approximate surface area is 169 Å². The maximum absolute atomic E-state index is 13.1. The number of nitrogens with zero attached hydrogens (tertiary/aromatic N) is 4. The summed E-state index contributed by atoms with van der Waals surface area (Å²) in [5, 5.41) is 8.90. The maximum Gasteiger partial charge on any atom is 0.222 e. The van der Waals surface area contributed by atoms with E-state index < -0.39 is 0 Å². The summed E-state index contributed by atoms with van der Waals surface area (Å²) in [6, 6.07) is 0. The largest absolute Gasteiger partial charge is 0.341 e. The van der Waals surface area contributed by atoms with Gasteiger partial charge >= 0.3 is 0 Å². The lowest BCUT2D eigenvalue weighted by Gasteiger charge is -2.37. The lowest BCUT2D eigenvalue weighted by molar-refractivity contribution is -0.131. The third-order valence-corrected chi connectivity index (χ3v) is 8.20. The van der Waals surface area contributed by atoms with Crippen molar-refractivity contribution in [2.45, 2.75) is 95.9 Å². The van der Waals surface area contributed by atoms with E-state index in [-0.39, 0.29) is 5.41 Å². The number of carbonyl (C=O) groups excluding carboxylic acids is 1. The summed E-state index contributed by atoms with van der Waals surface area (Å²) in [6.07, 6.45) is 18.3. The van der Waals surface area contributed by atoms with E-state index in [0.29, 0.717) is 11.8 Å². The summed E-state index contributed by atoms with van der Waals surface area (Å²) in [7, 11) is 0. The van der Waals surface area contributed by atoms with E-state index >= 15 is 0 Å². The molecule has 0 bridgehead atoms. The Bertz CT molecular complexity index is 683. The van der Waals surface area contributed by atoms with E-state index in [1.807, 2.05) is 6.33 Å². The number of aromatic nitrogens is 3. The van der Waals surface area contributed by atoms with Crippen LogP contribution in [0.3, 0.4) is 0 Å². The van der Waals surface area contributed by atoms with Crippen molar-refractivity contribution in [2.24, 2.45) is 17.3 Å². The molecule has 0 aromatic carbocycles. The number of amides is 1. The average Bonchev–Trinajstić information content (AvgIpc) is 3.09. The summed E-state index contributed by atoms with van der Waals surface area (Å²) in [4.78, 5) is 15.3. The zero-order valence-corrected chi connectivity index (χ0v) is 17.3. The molecule has 5 nitrogen and oxygen atoms in total. The first kappa shape index (κ1) is 18.6. The minimum atomic E-state index is 0.246. The Morgan fingerprint density at radius 1 is 1.04 bits per heavy atom. The van der Waals surface area contributed by atoms with Gasteiger partial charge in [0.15, 0.2) is 0 Å². The van der Waals surface area contributed by atoms with Crippen molar-refractivity contribution in [3.8, 4) is 0 Å². The van der Waals surface area contributed by atoms with Crippen LogP contribution in [0.15, 0.2) is 6.33 Å². The van der Waals surface area contributed by atoms with Crippen molar-refractivity contribution < 1.29 is 4.79 Å². The Hall–Kier alpha value is -1.39. The van der Waals surface area contributed by atoms with Crippen LogP contribution in [0.4, 0.5) is 0 Å². The summed E-state index contributed by atoms with van der Waals surface area (Å²) < 4.78 is 2.32. The molecule has 1 aromatic rings. The highest BCUT2D eigenvalue weighted by molar-refractivity contribution is 5.76. The number of hydrogen-bond donors (Lipinski definition) is 0. The topological polar surface area (TPSA) is 51.0 Å². The Kier molecular flexibility index (Phi) is 5.18. The van der Waals surface area contributed by atoms with Crippen LogP contribution >= 0.6 is 0 Å². The fraction of sp³-hybridized carbons (Fsp3) is 0.870. The van der Waals surface area contributed by atoms with Crippen LogP contribution < -0.4 is 0 Å². The summed E-state index contributed by atoms with van der Waals surface area (Å²) >= 11 is 0. The Morgan fingerprint density at radius 3 is 2.57 bits per heavy atom. The minimum absolute atomic E-state index is 0.246. The first-order valence-corrected chi connectivity index (χ1v) is 11.9. The molecule has 5 heteroatoms. The molecule has 28 heavy (non-hydrogen) atoms. The van der Waals surface area contributed by atoms with Crippen molar-refractivity contribution in [1.29, 1.82) is 0 Å². The van der Waals surface area contributed by atoms with Crippen LogP contribution in [0.2, 0.25) is 0 Å². The van der Waals surface area contributed by atoms with Crippen LogP contribution in [0.5, 0.6) is 0 Å². The molecule has 1 atom stereocenters. The van der Waals surface area contributed by atoms with Crippen molar-refractivity contribution in [3.05, 3.63) is 12.2 Å². The molecule has 154 valence electrons. The van der Waals surface area contributed by atoms with Gasteiger partial charge in [-0.3, -0.25) is 4.79 Å². The molecule has 1 aliphatic heterocycles. The zero-order valence-electron chi connectivity index (χ0n) is 17.3. The van der Waals surface area contributed by atoms with Gasteiger partial charge < -0.3 is 9.47 Å². The van der Waals surface area contributed by atoms with Gasteiger partial charge in [-0.2, -0.15) is 0 Å². The van der Waals surface area contributed by atoms with Crippen LogP contribution in [-0.4, -0.2) is 38.7 Å². The van der Waals surface area contributed by atoms with Crippen molar-refractivity contribution in [1.82, 2.24) is 19.7 Å². The lowest BCUT2D eigenvalue weighted by atomic mass is 9.67. The molecule has 1 amide bonds. The first-order valence-electron chi connectivity index (χ1n) is 11.9. The third kappa shape index (κ3) is 3.73. The molecule has 1 spiro atoms. The zero-order chi connectivity index (χ0) is 19.0. The van der Waals surface area contributed by atoms with Crippen LogP contribution in [0.1, 0.15) is 95.2 Å². The highest BCUT2D eigenvalue weighted by atomic mass is 16.2. The van der Waals surface area contributed by atoms with Gasteiger partial charge in [0, 0.05) is 32.0 Å². The molecule has 3 saturated carbocycles. The molecule has 5 rings (SSSR count). The van der Waals surface area contributed by atoms with Crippen molar-refractivity contribution in [3.63, 3.8) is 0 Å². The van der Waals surface area contributed by atoms with E-state index in [1.54, 1.807) is 0 Å². The second-order valence-corrected chi connectivity index (χ2v) is 10.2. The van der Waals surface area contributed by atoms with Gasteiger partial charge in [0.25, 0.3) is 0 Å². The summed E-state index contributed by atoms with van der Waals surface area (Å²) in [5.41, 5.74) is 0.246. The van der Waals surface area contributed by atoms with Crippen LogP contribution in [0.25, 0.3) is 0 Å². The van der Waals surface area contributed by atoms with Gasteiger partial charge in [-0.15, -0.1) is 10.2 Å². The molecule has 0 N–H and O–H groups in total. The monoisotopic (exact) mass is 384 g/mol. The van der Waals surface area contributed by atoms with Gasteiger partial charge in [0.1, 0.15) is 12.2 Å². The van der Waals surface area contributed by atoms with Gasteiger partial charge in [0.2, 0.25) is 5.91 Å². The molecule has 2 heterocycles. The molecule has 4 fully saturated rings. The molecular formula is C23H36N4O. The highest BCUT2D eigenvalue weighted by Crippen LogP contribution is 2.52. The van der Waals surface area contributed by atoms with Crippen molar-refractivity contribution >= 4 is 5.91 Å². The second kappa shape index (κ2) is 7.79. The minimum Gasteiger partial charge on any atom is -0.341 e.